The summed E-state index contributed by atoms with van der Waals surface area (Å²) < 4.78 is 13.6. The second kappa shape index (κ2) is 5.99. The molecule has 5 unspecified atom stereocenters. The van der Waals surface area contributed by atoms with Gasteiger partial charge in [-0.05, 0) is 60.6 Å². The minimum absolute atomic E-state index is 0. The first-order chi connectivity index (χ1) is 11.2. The van der Waals surface area contributed by atoms with Gasteiger partial charge in [0.2, 0.25) is 5.91 Å². The van der Waals surface area contributed by atoms with E-state index in [9.17, 15) is 9.18 Å². The van der Waals surface area contributed by atoms with E-state index in [1.807, 2.05) is 11.0 Å². The molecule has 1 heterocycles. The fourth-order valence-corrected chi connectivity index (χ4v) is 5.83. The summed E-state index contributed by atoms with van der Waals surface area (Å²) in [4.78, 5) is 15.2. The van der Waals surface area contributed by atoms with E-state index in [-0.39, 0.29) is 30.2 Å². The Labute approximate surface area is 148 Å². The quantitative estimate of drug-likeness (QED) is 0.889. The van der Waals surface area contributed by atoms with Crippen LogP contribution in [0.1, 0.15) is 30.9 Å². The highest BCUT2D eigenvalue weighted by Gasteiger charge is 2.68. The Balaban J connectivity index is 0.00000146. The lowest BCUT2D eigenvalue weighted by atomic mass is 9.98. The Morgan fingerprint density at radius 3 is 2.67 bits per heavy atom. The molecule has 1 aromatic rings. The van der Waals surface area contributed by atoms with Crippen molar-refractivity contribution < 1.29 is 9.18 Å². The predicted octanol–water partition coefficient (Wildman–Crippen LogP) is 3.01. The molecule has 0 aromatic heterocycles. The maximum absolute atomic E-state index is 13.6. The van der Waals surface area contributed by atoms with Gasteiger partial charge in [0.25, 0.3) is 0 Å². The lowest BCUT2D eigenvalue weighted by molar-refractivity contribution is -0.137. The van der Waals surface area contributed by atoms with Crippen molar-refractivity contribution in [1.82, 2.24) is 10.2 Å². The second-order valence-electron chi connectivity index (χ2n) is 7.82. The Morgan fingerprint density at radius 1 is 1.21 bits per heavy atom. The number of carbonyl (C=O) groups excluding carboxylic acids is 1. The van der Waals surface area contributed by atoms with E-state index in [1.54, 1.807) is 12.1 Å². The molecule has 130 valence electrons. The highest BCUT2D eigenvalue weighted by molar-refractivity contribution is 5.85. The normalized spacial score (nSPS) is 39.3. The monoisotopic (exact) mass is 350 g/mol. The van der Waals surface area contributed by atoms with Gasteiger partial charge in [-0.1, -0.05) is 12.1 Å². The predicted molar refractivity (Wildman–Crippen MR) is 92.3 cm³/mol. The van der Waals surface area contributed by atoms with Crippen LogP contribution in [0.3, 0.4) is 0 Å². The van der Waals surface area contributed by atoms with Crippen LogP contribution in [0.25, 0.3) is 0 Å². The third-order valence-corrected chi connectivity index (χ3v) is 6.78. The van der Waals surface area contributed by atoms with Gasteiger partial charge in [0.1, 0.15) is 5.82 Å². The summed E-state index contributed by atoms with van der Waals surface area (Å²) in [6.45, 7) is 2.31. The zero-order chi connectivity index (χ0) is 15.6. The summed E-state index contributed by atoms with van der Waals surface area (Å²) in [6, 6.07) is 6.71. The summed E-state index contributed by atoms with van der Waals surface area (Å²) in [5.74, 6) is 3.36. The van der Waals surface area contributed by atoms with Crippen LogP contribution in [0.2, 0.25) is 0 Å². The molecule has 2 bridgehead atoms. The summed E-state index contributed by atoms with van der Waals surface area (Å²) in [7, 11) is 0. The molecule has 4 fully saturated rings. The SMILES string of the molecule is Cl.O=C(C1C2C3CCC(C3)C12)N1CCNCC1c1cccc(F)c1. The smallest absolute Gasteiger partial charge is 0.226 e. The number of benzene rings is 1. The molecule has 1 amide bonds. The molecule has 5 heteroatoms. The number of rotatable bonds is 2. The van der Waals surface area contributed by atoms with Crippen molar-refractivity contribution in [3.63, 3.8) is 0 Å². The van der Waals surface area contributed by atoms with Gasteiger partial charge >= 0.3 is 0 Å². The molecule has 3 saturated carbocycles. The van der Waals surface area contributed by atoms with E-state index in [2.05, 4.69) is 5.32 Å². The molecule has 1 aromatic carbocycles. The fourth-order valence-electron chi connectivity index (χ4n) is 5.83. The highest BCUT2D eigenvalue weighted by Crippen LogP contribution is 2.69. The number of fused-ring (bicyclic) bond motifs is 5. The van der Waals surface area contributed by atoms with Crippen LogP contribution in [-0.4, -0.2) is 30.4 Å². The van der Waals surface area contributed by atoms with Crippen molar-refractivity contribution in [2.24, 2.45) is 29.6 Å². The molecule has 3 nitrogen and oxygen atoms in total. The summed E-state index contributed by atoms with van der Waals surface area (Å²) >= 11 is 0. The average molecular weight is 351 g/mol. The largest absolute Gasteiger partial charge is 0.333 e. The van der Waals surface area contributed by atoms with Crippen molar-refractivity contribution in [3.05, 3.63) is 35.6 Å². The molecule has 1 saturated heterocycles. The molecule has 3 aliphatic carbocycles. The zero-order valence-electron chi connectivity index (χ0n) is 13.7. The fraction of sp³-hybridized carbons (Fsp3) is 0.632. The Hall–Kier alpha value is -1.13. The molecule has 1 N–H and O–H groups in total. The molecular weight excluding hydrogens is 327 g/mol. The van der Waals surface area contributed by atoms with Gasteiger partial charge in [-0.25, -0.2) is 4.39 Å². The first-order valence-corrected chi connectivity index (χ1v) is 9.00. The van der Waals surface area contributed by atoms with Crippen molar-refractivity contribution in [2.45, 2.75) is 25.3 Å². The van der Waals surface area contributed by atoms with Crippen molar-refractivity contribution in [1.29, 1.82) is 0 Å². The Kier molecular flexibility index (Phi) is 4.08. The van der Waals surface area contributed by atoms with Crippen LogP contribution in [0.5, 0.6) is 0 Å². The van der Waals surface area contributed by atoms with E-state index in [0.29, 0.717) is 17.7 Å². The lowest BCUT2D eigenvalue weighted by Gasteiger charge is -2.37. The summed E-state index contributed by atoms with van der Waals surface area (Å²) in [5, 5.41) is 3.36. The third-order valence-electron chi connectivity index (χ3n) is 6.78. The first kappa shape index (κ1) is 16.3. The minimum atomic E-state index is -0.221. The van der Waals surface area contributed by atoms with E-state index < -0.39 is 0 Å². The minimum Gasteiger partial charge on any atom is -0.333 e. The van der Waals surface area contributed by atoms with Gasteiger partial charge in [0, 0.05) is 25.6 Å². The van der Waals surface area contributed by atoms with Gasteiger partial charge < -0.3 is 10.2 Å². The number of hydrogen-bond acceptors (Lipinski definition) is 2. The van der Waals surface area contributed by atoms with Crippen molar-refractivity contribution in [3.8, 4) is 0 Å². The summed E-state index contributed by atoms with van der Waals surface area (Å²) in [6.07, 6.45) is 4.04. The lowest BCUT2D eigenvalue weighted by Crippen LogP contribution is -2.49. The Bertz CT molecular complexity index is 638. The molecule has 24 heavy (non-hydrogen) atoms. The maximum Gasteiger partial charge on any atom is 0.226 e. The molecule has 0 spiro atoms. The van der Waals surface area contributed by atoms with Gasteiger partial charge in [0.15, 0.2) is 0 Å². The standard InChI is InChI=1S/C19H23FN2O.ClH/c20-14-3-1-2-11(9-14)15-10-21-6-7-22(15)19(23)18-16-12-4-5-13(8-12)17(16)18;/h1-3,9,12-13,15-18,21H,4-8,10H2;1H. The number of amides is 1. The average Bonchev–Trinajstić information content (AvgIpc) is 3.01. The molecule has 4 aliphatic rings. The first-order valence-electron chi connectivity index (χ1n) is 9.00. The molecule has 5 rings (SSSR count). The van der Waals surface area contributed by atoms with Crippen LogP contribution >= 0.6 is 12.4 Å². The summed E-state index contributed by atoms with van der Waals surface area (Å²) in [5.41, 5.74) is 0.916. The van der Waals surface area contributed by atoms with Crippen LogP contribution < -0.4 is 5.32 Å². The van der Waals surface area contributed by atoms with Crippen molar-refractivity contribution in [2.75, 3.05) is 19.6 Å². The Morgan fingerprint density at radius 2 is 1.96 bits per heavy atom. The third kappa shape index (κ3) is 2.38. The van der Waals surface area contributed by atoms with Gasteiger partial charge in [0.05, 0.1) is 6.04 Å². The molecule has 0 radical (unpaired) electrons. The topological polar surface area (TPSA) is 32.3 Å². The second-order valence-corrected chi connectivity index (χ2v) is 7.82. The number of halogens is 2. The molecule has 5 atom stereocenters. The van der Waals surface area contributed by atoms with Crippen LogP contribution in [-0.2, 0) is 4.79 Å². The van der Waals surface area contributed by atoms with E-state index in [1.165, 1.54) is 25.3 Å². The van der Waals surface area contributed by atoms with Crippen LogP contribution in [0, 0.1) is 35.4 Å². The zero-order valence-corrected chi connectivity index (χ0v) is 14.5. The van der Waals surface area contributed by atoms with Crippen LogP contribution in [0.15, 0.2) is 24.3 Å². The van der Waals surface area contributed by atoms with Crippen LogP contribution in [0.4, 0.5) is 4.39 Å². The van der Waals surface area contributed by atoms with Gasteiger partial charge in [-0.2, -0.15) is 0 Å². The number of hydrogen-bond donors (Lipinski definition) is 1. The van der Waals surface area contributed by atoms with Crippen molar-refractivity contribution >= 4 is 18.3 Å². The number of piperazine rings is 1. The highest BCUT2D eigenvalue weighted by atomic mass is 35.5. The van der Waals surface area contributed by atoms with E-state index in [0.717, 1.165) is 37.0 Å². The van der Waals surface area contributed by atoms with E-state index >= 15 is 0 Å². The van der Waals surface area contributed by atoms with Gasteiger partial charge in [-0.15, -0.1) is 12.4 Å². The van der Waals surface area contributed by atoms with E-state index in [4.69, 9.17) is 0 Å². The molecular formula is C19H24ClFN2O. The number of nitrogens with one attached hydrogen (secondary N) is 1. The number of carbonyl (C=O) groups is 1. The number of nitrogens with zero attached hydrogens (tertiary/aromatic N) is 1. The maximum atomic E-state index is 13.6. The van der Waals surface area contributed by atoms with Gasteiger partial charge in [-0.3, -0.25) is 4.79 Å². The molecule has 1 aliphatic heterocycles.